The first kappa shape index (κ1) is 14.5. The van der Waals surface area contributed by atoms with Gasteiger partial charge in [0.25, 0.3) is 0 Å². The highest BCUT2D eigenvalue weighted by Gasteiger charge is 2.21. The Morgan fingerprint density at radius 3 is 3.05 bits per heavy atom. The molecule has 0 bridgehead atoms. The van der Waals surface area contributed by atoms with Gasteiger partial charge in [0, 0.05) is 13.1 Å². The largest absolute Gasteiger partial charge is 0.316 e. The summed E-state index contributed by atoms with van der Waals surface area (Å²) in [7, 11) is 0. The number of nitrogens with zero attached hydrogens (tertiary/aromatic N) is 1. The standard InChI is InChI=1S/C17H28N2/c1-3-9-18-13-17-8-11-19(14-17)10-7-16-6-4-5-15(2)12-16/h4-6,12,17-18H,3,7-11,13-14H2,1-2H3. The van der Waals surface area contributed by atoms with Crippen LogP contribution in [0.1, 0.15) is 30.9 Å². The van der Waals surface area contributed by atoms with Crippen LogP contribution in [0.3, 0.4) is 0 Å². The molecule has 1 saturated heterocycles. The zero-order valence-corrected chi connectivity index (χ0v) is 12.5. The zero-order chi connectivity index (χ0) is 13.5. The van der Waals surface area contributed by atoms with Crippen molar-refractivity contribution in [1.82, 2.24) is 10.2 Å². The molecule has 106 valence electrons. The van der Waals surface area contributed by atoms with Crippen molar-refractivity contribution in [1.29, 1.82) is 0 Å². The first-order valence-electron chi connectivity index (χ1n) is 7.76. The molecule has 0 radical (unpaired) electrons. The van der Waals surface area contributed by atoms with Crippen LogP contribution in [0, 0.1) is 12.8 Å². The number of nitrogens with one attached hydrogen (secondary N) is 1. The molecule has 2 nitrogen and oxygen atoms in total. The number of hydrogen-bond donors (Lipinski definition) is 1. The molecule has 1 heterocycles. The molecule has 0 aromatic heterocycles. The summed E-state index contributed by atoms with van der Waals surface area (Å²) in [6.45, 7) is 10.6. The second kappa shape index (κ2) is 7.66. The number of benzene rings is 1. The molecule has 1 aliphatic heterocycles. The molecule has 0 saturated carbocycles. The normalized spacial score (nSPS) is 20.0. The van der Waals surface area contributed by atoms with Crippen LogP contribution in [0.4, 0.5) is 0 Å². The summed E-state index contributed by atoms with van der Waals surface area (Å²) in [4.78, 5) is 2.63. The maximum Gasteiger partial charge on any atom is 0.00224 e. The average molecular weight is 260 g/mol. The third-order valence-electron chi connectivity index (χ3n) is 4.03. The Bertz CT molecular complexity index is 375. The van der Waals surface area contributed by atoms with Crippen LogP contribution in [0.5, 0.6) is 0 Å². The number of hydrogen-bond acceptors (Lipinski definition) is 2. The second-order valence-corrected chi connectivity index (χ2v) is 5.90. The van der Waals surface area contributed by atoms with Gasteiger partial charge in [-0.3, -0.25) is 0 Å². The fraction of sp³-hybridized carbons (Fsp3) is 0.647. The molecule has 2 heteroatoms. The van der Waals surface area contributed by atoms with E-state index < -0.39 is 0 Å². The van der Waals surface area contributed by atoms with E-state index in [9.17, 15) is 0 Å². The lowest BCUT2D eigenvalue weighted by atomic mass is 10.1. The van der Waals surface area contributed by atoms with Gasteiger partial charge in [-0.15, -0.1) is 0 Å². The minimum atomic E-state index is 0.865. The van der Waals surface area contributed by atoms with Crippen molar-refractivity contribution in [3.63, 3.8) is 0 Å². The Balaban J connectivity index is 1.67. The third-order valence-corrected chi connectivity index (χ3v) is 4.03. The molecule has 1 fully saturated rings. The quantitative estimate of drug-likeness (QED) is 0.758. The van der Waals surface area contributed by atoms with Gasteiger partial charge in [0.2, 0.25) is 0 Å². The van der Waals surface area contributed by atoms with Gasteiger partial charge in [0.1, 0.15) is 0 Å². The molecule has 1 unspecified atom stereocenters. The summed E-state index contributed by atoms with van der Waals surface area (Å²) in [6.07, 6.45) is 3.80. The summed E-state index contributed by atoms with van der Waals surface area (Å²) in [5.74, 6) is 0.865. The lowest BCUT2D eigenvalue weighted by Gasteiger charge is -2.16. The lowest BCUT2D eigenvalue weighted by Crippen LogP contribution is -2.28. The van der Waals surface area contributed by atoms with E-state index in [1.807, 2.05) is 0 Å². The topological polar surface area (TPSA) is 15.3 Å². The van der Waals surface area contributed by atoms with Crippen molar-refractivity contribution in [2.45, 2.75) is 33.1 Å². The molecule has 1 aromatic carbocycles. The molecular formula is C17H28N2. The van der Waals surface area contributed by atoms with Crippen LogP contribution >= 0.6 is 0 Å². The van der Waals surface area contributed by atoms with E-state index >= 15 is 0 Å². The minimum absolute atomic E-state index is 0.865. The fourth-order valence-corrected chi connectivity index (χ4v) is 2.92. The van der Waals surface area contributed by atoms with E-state index in [4.69, 9.17) is 0 Å². The molecule has 1 aliphatic rings. The number of likely N-dealkylation sites (tertiary alicyclic amines) is 1. The van der Waals surface area contributed by atoms with Crippen molar-refractivity contribution in [3.8, 4) is 0 Å². The van der Waals surface area contributed by atoms with Gasteiger partial charge in [-0.25, -0.2) is 0 Å². The summed E-state index contributed by atoms with van der Waals surface area (Å²) in [6, 6.07) is 8.92. The first-order valence-corrected chi connectivity index (χ1v) is 7.76. The van der Waals surface area contributed by atoms with Crippen LogP contribution in [0.2, 0.25) is 0 Å². The van der Waals surface area contributed by atoms with Crippen LogP contribution in [-0.2, 0) is 6.42 Å². The van der Waals surface area contributed by atoms with Gasteiger partial charge in [-0.2, -0.15) is 0 Å². The number of aryl methyl sites for hydroxylation is 1. The van der Waals surface area contributed by atoms with Crippen LogP contribution in [0.15, 0.2) is 24.3 Å². The van der Waals surface area contributed by atoms with Gasteiger partial charge >= 0.3 is 0 Å². The molecule has 0 spiro atoms. The van der Waals surface area contributed by atoms with Gasteiger partial charge in [-0.05, 0) is 57.3 Å². The SMILES string of the molecule is CCCNCC1CCN(CCc2cccc(C)c2)C1. The molecular weight excluding hydrogens is 232 g/mol. The maximum absolute atomic E-state index is 3.55. The van der Waals surface area contributed by atoms with E-state index in [0.717, 1.165) is 5.92 Å². The van der Waals surface area contributed by atoms with Crippen molar-refractivity contribution >= 4 is 0 Å². The predicted molar refractivity (Wildman–Crippen MR) is 82.6 cm³/mol. The van der Waals surface area contributed by atoms with Crippen LogP contribution < -0.4 is 5.32 Å². The van der Waals surface area contributed by atoms with E-state index in [0.29, 0.717) is 0 Å². The summed E-state index contributed by atoms with van der Waals surface area (Å²) in [5, 5.41) is 3.55. The Kier molecular flexibility index (Phi) is 5.87. The predicted octanol–water partition coefficient (Wildman–Crippen LogP) is 2.86. The summed E-state index contributed by atoms with van der Waals surface area (Å²) in [5.41, 5.74) is 2.85. The monoisotopic (exact) mass is 260 g/mol. The van der Waals surface area contributed by atoms with E-state index in [2.05, 4.69) is 48.3 Å². The van der Waals surface area contributed by atoms with Crippen LogP contribution in [-0.4, -0.2) is 37.6 Å². The van der Waals surface area contributed by atoms with E-state index in [1.54, 1.807) is 0 Å². The Labute approximate surface area is 118 Å². The van der Waals surface area contributed by atoms with E-state index in [1.165, 1.54) is 63.1 Å². The second-order valence-electron chi connectivity index (χ2n) is 5.90. The third kappa shape index (κ3) is 4.96. The molecule has 2 rings (SSSR count). The van der Waals surface area contributed by atoms with Crippen molar-refractivity contribution < 1.29 is 0 Å². The smallest absolute Gasteiger partial charge is 0.00224 e. The van der Waals surface area contributed by atoms with Crippen molar-refractivity contribution in [2.24, 2.45) is 5.92 Å². The molecule has 1 aromatic rings. The Morgan fingerprint density at radius 2 is 2.26 bits per heavy atom. The van der Waals surface area contributed by atoms with E-state index in [-0.39, 0.29) is 0 Å². The number of rotatable bonds is 7. The van der Waals surface area contributed by atoms with Crippen molar-refractivity contribution in [3.05, 3.63) is 35.4 Å². The minimum Gasteiger partial charge on any atom is -0.316 e. The highest BCUT2D eigenvalue weighted by molar-refractivity contribution is 5.22. The summed E-state index contributed by atoms with van der Waals surface area (Å²) < 4.78 is 0. The van der Waals surface area contributed by atoms with Gasteiger partial charge in [0.05, 0.1) is 0 Å². The molecule has 1 atom stereocenters. The van der Waals surface area contributed by atoms with Crippen molar-refractivity contribution in [2.75, 3.05) is 32.7 Å². The Hall–Kier alpha value is -0.860. The zero-order valence-electron chi connectivity index (χ0n) is 12.5. The molecule has 0 amide bonds. The first-order chi connectivity index (χ1) is 9.28. The summed E-state index contributed by atoms with van der Waals surface area (Å²) >= 11 is 0. The average Bonchev–Trinajstić information content (AvgIpc) is 2.85. The van der Waals surface area contributed by atoms with Gasteiger partial charge in [-0.1, -0.05) is 36.8 Å². The highest BCUT2D eigenvalue weighted by atomic mass is 15.1. The fourth-order valence-electron chi connectivity index (χ4n) is 2.92. The molecule has 19 heavy (non-hydrogen) atoms. The van der Waals surface area contributed by atoms with Crippen LogP contribution in [0.25, 0.3) is 0 Å². The van der Waals surface area contributed by atoms with Gasteiger partial charge in [0.15, 0.2) is 0 Å². The molecule has 1 N–H and O–H groups in total. The van der Waals surface area contributed by atoms with Gasteiger partial charge < -0.3 is 10.2 Å². The Morgan fingerprint density at radius 1 is 1.37 bits per heavy atom. The highest BCUT2D eigenvalue weighted by Crippen LogP contribution is 2.16. The maximum atomic E-state index is 3.55. The molecule has 0 aliphatic carbocycles. The lowest BCUT2D eigenvalue weighted by molar-refractivity contribution is 0.326.